The van der Waals surface area contributed by atoms with Gasteiger partial charge in [-0.25, -0.2) is 0 Å². The van der Waals surface area contributed by atoms with Crippen molar-refractivity contribution in [3.8, 4) is 0 Å². The number of rotatable bonds is 4. The molecule has 1 aliphatic heterocycles. The fraction of sp³-hybridized carbons (Fsp3) is 0.917. The van der Waals surface area contributed by atoms with Crippen LogP contribution in [0.15, 0.2) is 0 Å². The summed E-state index contributed by atoms with van der Waals surface area (Å²) in [5.74, 6) is 0.289. The van der Waals surface area contributed by atoms with E-state index < -0.39 is 0 Å². The summed E-state index contributed by atoms with van der Waals surface area (Å²) in [6.45, 7) is 9.44. The fourth-order valence-electron chi connectivity index (χ4n) is 2.10. The lowest BCUT2D eigenvalue weighted by molar-refractivity contribution is -0.137. The Morgan fingerprint density at radius 3 is 2.47 bits per heavy atom. The van der Waals surface area contributed by atoms with Crippen LogP contribution in [0.2, 0.25) is 0 Å². The van der Waals surface area contributed by atoms with Gasteiger partial charge < -0.3 is 9.64 Å². The summed E-state index contributed by atoms with van der Waals surface area (Å²) in [7, 11) is 0. The van der Waals surface area contributed by atoms with Gasteiger partial charge in [0.25, 0.3) is 0 Å². The largest absolute Gasteiger partial charge is 0.378 e. The zero-order valence-corrected chi connectivity index (χ0v) is 10.2. The van der Waals surface area contributed by atoms with Crippen LogP contribution in [-0.4, -0.2) is 37.1 Å². The molecule has 1 amide bonds. The molecule has 0 aliphatic carbocycles. The predicted molar refractivity (Wildman–Crippen MR) is 60.7 cm³/mol. The van der Waals surface area contributed by atoms with E-state index >= 15 is 0 Å². The number of hydrogen-bond acceptors (Lipinski definition) is 2. The summed E-state index contributed by atoms with van der Waals surface area (Å²) in [4.78, 5) is 13.9. The number of carbonyl (C=O) groups is 1. The number of hydrogen-bond donors (Lipinski definition) is 0. The first-order chi connectivity index (χ1) is 7.05. The average Bonchev–Trinajstić information content (AvgIpc) is 2.18. The number of nitrogens with zero attached hydrogens (tertiary/aromatic N) is 1. The maximum absolute atomic E-state index is 12.0. The van der Waals surface area contributed by atoms with E-state index in [2.05, 4.69) is 20.8 Å². The molecule has 0 unspecified atom stereocenters. The second-order valence-electron chi connectivity index (χ2n) is 5.08. The molecule has 88 valence electrons. The van der Waals surface area contributed by atoms with Gasteiger partial charge >= 0.3 is 0 Å². The molecule has 1 aliphatic rings. The molecule has 1 heterocycles. The first kappa shape index (κ1) is 12.5. The second-order valence-corrected chi connectivity index (χ2v) is 5.08. The van der Waals surface area contributed by atoms with Crippen molar-refractivity contribution in [2.24, 2.45) is 5.41 Å². The highest BCUT2D eigenvalue weighted by atomic mass is 16.5. The normalized spacial score (nSPS) is 17.9. The number of carbonyl (C=O) groups excluding carboxylic acids is 1. The lowest BCUT2D eigenvalue weighted by Gasteiger charge is -2.31. The minimum absolute atomic E-state index is 0.143. The van der Waals surface area contributed by atoms with Crippen molar-refractivity contribution >= 4 is 5.91 Å². The third-order valence-corrected chi connectivity index (χ3v) is 2.92. The number of morpholine rings is 1. The van der Waals surface area contributed by atoms with E-state index in [9.17, 15) is 4.79 Å². The SMILES string of the molecule is CCCC(C)(C)CC(=O)N1CCOCC1. The van der Waals surface area contributed by atoms with Crippen LogP contribution in [0.1, 0.15) is 40.0 Å². The molecule has 1 saturated heterocycles. The number of ether oxygens (including phenoxy) is 1. The van der Waals surface area contributed by atoms with Gasteiger partial charge in [-0.1, -0.05) is 27.2 Å². The highest BCUT2D eigenvalue weighted by Crippen LogP contribution is 2.27. The van der Waals surface area contributed by atoms with Crippen molar-refractivity contribution in [3.05, 3.63) is 0 Å². The first-order valence-corrected chi connectivity index (χ1v) is 5.91. The molecule has 0 aromatic rings. The van der Waals surface area contributed by atoms with E-state index in [4.69, 9.17) is 4.74 Å². The first-order valence-electron chi connectivity index (χ1n) is 5.91. The molecule has 0 spiro atoms. The Hall–Kier alpha value is -0.570. The van der Waals surface area contributed by atoms with Crippen molar-refractivity contribution in [3.63, 3.8) is 0 Å². The van der Waals surface area contributed by atoms with E-state index in [1.165, 1.54) is 0 Å². The molecule has 0 atom stereocenters. The van der Waals surface area contributed by atoms with E-state index in [0.717, 1.165) is 25.9 Å². The monoisotopic (exact) mass is 213 g/mol. The van der Waals surface area contributed by atoms with Crippen molar-refractivity contribution < 1.29 is 9.53 Å². The minimum Gasteiger partial charge on any atom is -0.378 e. The van der Waals surface area contributed by atoms with Crippen LogP contribution in [0.3, 0.4) is 0 Å². The van der Waals surface area contributed by atoms with Crippen LogP contribution in [0, 0.1) is 5.41 Å². The lowest BCUT2D eigenvalue weighted by Crippen LogP contribution is -2.42. The van der Waals surface area contributed by atoms with Gasteiger partial charge in [-0.05, 0) is 11.8 Å². The van der Waals surface area contributed by atoms with Gasteiger partial charge in [-0.15, -0.1) is 0 Å². The van der Waals surface area contributed by atoms with Crippen LogP contribution >= 0.6 is 0 Å². The van der Waals surface area contributed by atoms with Crippen molar-refractivity contribution in [1.29, 1.82) is 0 Å². The van der Waals surface area contributed by atoms with Gasteiger partial charge in [0, 0.05) is 19.5 Å². The standard InChI is InChI=1S/C12H23NO2/c1-4-5-12(2,3)10-11(14)13-6-8-15-9-7-13/h4-10H2,1-3H3. The highest BCUT2D eigenvalue weighted by molar-refractivity contribution is 5.76. The van der Waals surface area contributed by atoms with Crippen molar-refractivity contribution in [2.45, 2.75) is 40.0 Å². The Morgan fingerprint density at radius 2 is 1.93 bits per heavy atom. The molecule has 3 nitrogen and oxygen atoms in total. The van der Waals surface area contributed by atoms with Gasteiger partial charge in [0.15, 0.2) is 0 Å². The van der Waals surface area contributed by atoms with E-state index in [-0.39, 0.29) is 11.3 Å². The maximum Gasteiger partial charge on any atom is 0.223 e. The predicted octanol–water partition coefficient (Wildman–Crippen LogP) is 2.06. The maximum atomic E-state index is 12.0. The molecule has 0 N–H and O–H groups in total. The summed E-state index contributed by atoms with van der Waals surface area (Å²) in [5.41, 5.74) is 0.143. The van der Waals surface area contributed by atoms with Crippen LogP contribution in [0.4, 0.5) is 0 Å². The molecule has 0 aromatic carbocycles. The Balaban J connectivity index is 2.39. The molecule has 1 rings (SSSR count). The lowest BCUT2D eigenvalue weighted by atomic mass is 9.84. The molecule has 15 heavy (non-hydrogen) atoms. The Morgan fingerprint density at radius 1 is 1.33 bits per heavy atom. The minimum atomic E-state index is 0.143. The molecule has 0 saturated carbocycles. The summed E-state index contributed by atoms with van der Waals surface area (Å²) < 4.78 is 5.23. The molecular weight excluding hydrogens is 190 g/mol. The van der Waals surface area contributed by atoms with Crippen LogP contribution in [0.25, 0.3) is 0 Å². The zero-order chi connectivity index (χ0) is 11.3. The summed E-state index contributed by atoms with van der Waals surface area (Å²) in [5, 5.41) is 0. The molecular formula is C12H23NO2. The van der Waals surface area contributed by atoms with Gasteiger partial charge in [-0.2, -0.15) is 0 Å². The molecule has 3 heteroatoms. The Bertz CT molecular complexity index is 208. The van der Waals surface area contributed by atoms with Gasteiger partial charge in [0.1, 0.15) is 0 Å². The van der Waals surface area contributed by atoms with Gasteiger partial charge in [0.05, 0.1) is 13.2 Å². The fourth-order valence-corrected chi connectivity index (χ4v) is 2.10. The number of amides is 1. The summed E-state index contributed by atoms with van der Waals surface area (Å²) in [6, 6.07) is 0. The summed E-state index contributed by atoms with van der Waals surface area (Å²) in [6.07, 6.45) is 2.92. The second kappa shape index (κ2) is 5.50. The van der Waals surface area contributed by atoms with E-state index in [0.29, 0.717) is 19.6 Å². The van der Waals surface area contributed by atoms with E-state index in [1.807, 2.05) is 4.90 Å². The average molecular weight is 213 g/mol. The van der Waals surface area contributed by atoms with E-state index in [1.54, 1.807) is 0 Å². The zero-order valence-electron chi connectivity index (χ0n) is 10.2. The summed E-state index contributed by atoms with van der Waals surface area (Å²) >= 11 is 0. The van der Waals surface area contributed by atoms with Gasteiger partial charge in [0.2, 0.25) is 5.91 Å². The van der Waals surface area contributed by atoms with Crippen LogP contribution in [-0.2, 0) is 9.53 Å². The third-order valence-electron chi connectivity index (χ3n) is 2.92. The van der Waals surface area contributed by atoms with Gasteiger partial charge in [-0.3, -0.25) is 4.79 Å². The third kappa shape index (κ3) is 4.20. The Kier molecular flexibility index (Phi) is 4.58. The highest BCUT2D eigenvalue weighted by Gasteiger charge is 2.25. The topological polar surface area (TPSA) is 29.5 Å². The molecule has 0 bridgehead atoms. The van der Waals surface area contributed by atoms with Crippen molar-refractivity contribution in [1.82, 2.24) is 4.90 Å². The quantitative estimate of drug-likeness (QED) is 0.715. The molecule has 0 aromatic heterocycles. The molecule has 1 fully saturated rings. The smallest absolute Gasteiger partial charge is 0.223 e. The molecule has 0 radical (unpaired) electrons. The van der Waals surface area contributed by atoms with Crippen LogP contribution < -0.4 is 0 Å². The van der Waals surface area contributed by atoms with Crippen molar-refractivity contribution in [2.75, 3.05) is 26.3 Å². The van der Waals surface area contributed by atoms with Crippen LogP contribution in [0.5, 0.6) is 0 Å². The Labute approximate surface area is 92.8 Å².